The third kappa shape index (κ3) is 9.55. The van der Waals surface area contributed by atoms with Crippen LogP contribution in [0, 0.1) is 0 Å². The molecule has 0 aromatic rings. The Bertz CT molecular complexity index is 447. The van der Waals surface area contributed by atoms with Gasteiger partial charge in [0.15, 0.2) is 9.84 Å². The van der Waals surface area contributed by atoms with Gasteiger partial charge in [0.1, 0.15) is 12.6 Å². The van der Waals surface area contributed by atoms with Crippen LogP contribution in [0.2, 0.25) is 0 Å². The molecule has 0 aliphatic rings. The normalized spacial score (nSPS) is 13.8. The summed E-state index contributed by atoms with van der Waals surface area (Å²) in [6, 6.07) is -1.65. The maximum Gasteiger partial charge on any atom is 0.411 e. The summed E-state index contributed by atoms with van der Waals surface area (Å²) in [4.78, 5) is 21.4. The number of halogens is 3. The van der Waals surface area contributed by atoms with Crippen LogP contribution >= 0.6 is 0 Å². The third-order valence-corrected chi connectivity index (χ3v) is 3.53. The monoisotopic (exact) mass is 321 g/mol. The Morgan fingerprint density at radius 2 is 1.90 bits per heavy atom. The van der Waals surface area contributed by atoms with Crippen LogP contribution in [-0.4, -0.2) is 62.3 Å². The minimum Gasteiger partial charge on any atom is -0.480 e. The lowest BCUT2D eigenvalue weighted by molar-refractivity contribution is -0.172. The molecule has 0 fully saturated rings. The van der Waals surface area contributed by atoms with Crippen molar-refractivity contribution in [2.75, 3.05) is 24.7 Å². The van der Waals surface area contributed by atoms with Gasteiger partial charge in [-0.3, -0.25) is 4.79 Å². The van der Waals surface area contributed by atoms with E-state index in [1.54, 1.807) is 0 Å². The van der Waals surface area contributed by atoms with Gasteiger partial charge in [0.05, 0.1) is 18.1 Å². The van der Waals surface area contributed by atoms with Crippen molar-refractivity contribution in [1.29, 1.82) is 0 Å². The molecule has 1 atom stereocenters. The third-order valence-electron chi connectivity index (χ3n) is 1.90. The first-order valence-electron chi connectivity index (χ1n) is 5.28. The average molecular weight is 321 g/mol. The number of ether oxygens (including phenoxy) is 1. The van der Waals surface area contributed by atoms with Crippen LogP contribution in [0.15, 0.2) is 0 Å². The summed E-state index contributed by atoms with van der Waals surface area (Å²) in [5.41, 5.74) is 0. The van der Waals surface area contributed by atoms with Gasteiger partial charge in [-0.15, -0.1) is 0 Å². The van der Waals surface area contributed by atoms with Gasteiger partial charge in [-0.25, -0.2) is 13.2 Å². The lowest BCUT2D eigenvalue weighted by Crippen LogP contribution is -2.45. The predicted molar refractivity (Wildman–Crippen MR) is 60.8 cm³/mol. The van der Waals surface area contributed by atoms with Crippen molar-refractivity contribution in [2.24, 2.45) is 0 Å². The Labute approximate surface area is 113 Å². The summed E-state index contributed by atoms with van der Waals surface area (Å²) in [7, 11) is -3.98. The zero-order chi connectivity index (χ0) is 16.0. The summed E-state index contributed by atoms with van der Waals surface area (Å²) in [5, 5.41) is 10.6. The fourth-order valence-electron chi connectivity index (χ4n) is 1.13. The summed E-state index contributed by atoms with van der Waals surface area (Å²) < 4.78 is 62.3. The number of nitrogens with one attached hydrogen (secondary N) is 1. The first-order chi connectivity index (χ1) is 8.93. The van der Waals surface area contributed by atoms with Crippen molar-refractivity contribution in [3.63, 3.8) is 0 Å². The van der Waals surface area contributed by atoms with E-state index in [2.05, 4.69) is 4.74 Å². The molecule has 0 unspecified atom stereocenters. The number of carboxylic acids is 1. The van der Waals surface area contributed by atoms with E-state index in [9.17, 15) is 31.2 Å². The molecule has 0 rings (SSSR count). The molecule has 0 saturated carbocycles. The van der Waals surface area contributed by atoms with Gasteiger partial charge in [-0.1, -0.05) is 0 Å². The lowest BCUT2D eigenvalue weighted by atomic mass is 10.3. The van der Waals surface area contributed by atoms with Gasteiger partial charge in [0, 0.05) is 6.92 Å². The molecule has 0 aliphatic heterocycles. The van der Waals surface area contributed by atoms with Crippen molar-refractivity contribution in [3.05, 3.63) is 0 Å². The number of alkyl halides is 3. The number of hydrogen-bond donors (Lipinski definition) is 2. The molecule has 20 heavy (non-hydrogen) atoms. The largest absolute Gasteiger partial charge is 0.480 e. The Kier molecular flexibility index (Phi) is 6.92. The van der Waals surface area contributed by atoms with Gasteiger partial charge in [0.25, 0.3) is 0 Å². The molecule has 0 heterocycles. The Hall–Kier alpha value is -1.36. The van der Waals surface area contributed by atoms with E-state index in [-0.39, 0.29) is 0 Å². The quantitative estimate of drug-likeness (QED) is 0.587. The van der Waals surface area contributed by atoms with Crippen molar-refractivity contribution >= 4 is 21.7 Å². The average Bonchev–Trinajstić information content (AvgIpc) is 2.21. The van der Waals surface area contributed by atoms with Gasteiger partial charge in [0.2, 0.25) is 5.91 Å². The Balaban J connectivity index is 4.35. The van der Waals surface area contributed by atoms with Gasteiger partial charge in [-0.05, 0) is 0 Å². The minimum atomic E-state index is -4.57. The lowest BCUT2D eigenvalue weighted by Gasteiger charge is -2.13. The zero-order valence-corrected chi connectivity index (χ0v) is 11.3. The van der Waals surface area contributed by atoms with Crippen LogP contribution < -0.4 is 5.32 Å². The Morgan fingerprint density at radius 1 is 1.35 bits per heavy atom. The smallest absolute Gasteiger partial charge is 0.411 e. The van der Waals surface area contributed by atoms with Crippen LogP contribution in [0.25, 0.3) is 0 Å². The van der Waals surface area contributed by atoms with Crippen LogP contribution in [-0.2, 0) is 24.2 Å². The fourth-order valence-corrected chi connectivity index (χ4v) is 2.40. The van der Waals surface area contributed by atoms with Crippen LogP contribution in [0.1, 0.15) is 6.92 Å². The number of sulfone groups is 1. The predicted octanol–water partition coefficient (Wildman–Crippen LogP) is -0.431. The maximum atomic E-state index is 11.7. The maximum absolute atomic E-state index is 11.7. The molecule has 0 spiro atoms. The SMILES string of the molecule is CC(=O)N[C@@H](CS(=O)(=O)CCOCC(F)(F)F)C(=O)O. The van der Waals surface area contributed by atoms with Crippen molar-refractivity contribution in [1.82, 2.24) is 5.32 Å². The highest BCUT2D eigenvalue weighted by molar-refractivity contribution is 7.91. The molecule has 11 heteroatoms. The van der Waals surface area contributed by atoms with Crippen molar-refractivity contribution in [3.8, 4) is 0 Å². The first kappa shape index (κ1) is 18.6. The molecule has 118 valence electrons. The number of carbonyl (C=O) groups excluding carboxylic acids is 1. The molecular weight excluding hydrogens is 307 g/mol. The molecule has 0 aromatic carbocycles. The topological polar surface area (TPSA) is 110 Å². The summed E-state index contributed by atoms with van der Waals surface area (Å²) in [5.74, 6) is -3.98. The molecule has 0 aliphatic carbocycles. The van der Waals surface area contributed by atoms with Crippen molar-refractivity contribution in [2.45, 2.75) is 19.1 Å². The zero-order valence-electron chi connectivity index (χ0n) is 10.4. The van der Waals surface area contributed by atoms with E-state index in [1.807, 2.05) is 5.32 Å². The molecule has 0 saturated heterocycles. The minimum absolute atomic E-state index is 0.714. The molecule has 0 radical (unpaired) electrons. The van der Waals surface area contributed by atoms with E-state index < -0.39 is 58.7 Å². The van der Waals surface area contributed by atoms with E-state index in [4.69, 9.17) is 5.11 Å². The highest BCUT2D eigenvalue weighted by Gasteiger charge is 2.29. The number of aliphatic carboxylic acids is 1. The Morgan fingerprint density at radius 3 is 2.30 bits per heavy atom. The van der Waals surface area contributed by atoms with E-state index in [1.165, 1.54) is 0 Å². The van der Waals surface area contributed by atoms with Crippen LogP contribution in [0.3, 0.4) is 0 Å². The van der Waals surface area contributed by atoms with E-state index >= 15 is 0 Å². The van der Waals surface area contributed by atoms with Crippen LogP contribution in [0.4, 0.5) is 13.2 Å². The number of carboxylic acid groups (broad SMARTS) is 1. The highest BCUT2D eigenvalue weighted by Crippen LogP contribution is 2.14. The van der Waals surface area contributed by atoms with E-state index in [0.29, 0.717) is 0 Å². The fraction of sp³-hybridized carbons (Fsp3) is 0.778. The summed E-state index contributed by atoms with van der Waals surface area (Å²) in [6.07, 6.45) is -4.57. The molecule has 0 bridgehead atoms. The van der Waals surface area contributed by atoms with Crippen molar-refractivity contribution < 1.29 is 41.0 Å². The standard InChI is InChI=1S/C9H14F3NO6S/c1-6(14)13-7(8(15)16)4-20(17,18)3-2-19-5-9(10,11)12/h7H,2-5H2,1H3,(H,13,14)(H,15,16)/t7-/m0/s1. The molecule has 1 amide bonds. The number of carbonyl (C=O) groups is 2. The number of amides is 1. The van der Waals surface area contributed by atoms with Gasteiger partial charge < -0.3 is 15.2 Å². The molecule has 7 nitrogen and oxygen atoms in total. The van der Waals surface area contributed by atoms with E-state index in [0.717, 1.165) is 6.92 Å². The number of hydrogen-bond acceptors (Lipinski definition) is 5. The summed E-state index contributed by atoms with van der Waals surface area (Å²) in [6.45, 7) is -1.29. The second kappa shape index (κ2) is 7.43. The van der Waals surface area contributed by atoms with Gasteiger partial charge >= 0.3 is 12.1 Å². The summed E-state index contributed by atoms with van der Waals surface area (Å²) >= 11 is 0. The molecule has 2 N–H and O–H groups in total. The van der Waals surface area contributed by atoms with Gasteiger partial charge in [-0.2, -0.15) is 13.2 Å². The second-order valence-electron chi connectivity index (χ2n) is 3.87. The van der Waals surface area contributed by atoms with Crippen LogP contribution in [0.5, 0.6) is 0 Å². The molecule has 0 aromatic heterocycles. The molecular formula is C9H14F3NO6S. The first-order valence-corrected chi connectivity index (χ1v) is 7.10. The second-order valence-corrected chi connectivity index (χ2v) is 6.10. The number of rotatable bonds is 8. The highest BCUT2D eigenvalue weighted by atomic mass is 32.2.